The van der Waals surface area contributed by atoms with Gasteiger partial charge in [0.05, 0.1) is 5.56 Å². The van der Waals surface area contributed by atoms with Crippen LogP contribution < -0.4 is 10.2 Å². The van der Waals surface area contributed by atoms with Crippen LogP contribution >= 0.6 is 0 Å². The molecule has 2 aliphatic heterocycles. The van der Waals surface area contributed by atoms with E-state index in [-0.39, 0.29) is 18.7 Å². The highest BCUT2D eigenvalue weighted by molar-refractivity contribution is 5.96. The fraction of sp³-hybridized carbons (Fsp3) is 0.519. The second-order valence-electron chi connectivity index (χ2n) is 9.68. The fourth-order valence-corrected chi connectivity index (χ4v) is 4.90. The van der Waals surface area contributed by atoms with Crippen LogP contribution in [0.2, 0.25) is 0 Å². The molecule has 2 fully saturated rings. The maximum absolute atomic E-state index is 12.4. The Morgan fingerprint density at radius 1 is 1.14 bits per heavy atom. The van der Waals surface area contributed by atoms with Crippen molar-refractivity contribution in [2.45, 2.75) is 44.9 Å². The number of rotatable bonds is 9. The van der Waals surface area contributed by atoms with Crippen molar-refractivity contribution in [3.8, 4) is 0 Å². The first-order valence-electron chi connectivity index (χ1n) is 12.7. The summed E-state index contributed by atoms with van der Waals surface area (Å²) in [5.74, 6) is 1.23. The molecule has 2 aromatic heterocycles. The molecule has 8 nitrogen and oxygen atoms in total. The van der Waals surface area contributed by atoms with E-state index in [1.54, 1.807) is 12.4 Å². The summed E-state index contributed by atoms with van der Waals surface area (Å²) in [6, 6.07) is 8.82. The van der Waals surface area contributed by atoms with Crippen molar-refractivity contribution >= 4 is 22.6 Å². The molecule has 0 radical (unpaired) electrons. The van der Waals surface area contributed by atoms with Crippen LogP contribution in [0, 0.1) is 5.92 Å². The van der Waals surface area contributed by atoms with Crippen LogP contribution in [-0.4, -0.2) is 59.5 Å². The first-order valence-corrected chi connectivity index (χ1v) is 12.7. The number of aromatic nitrogens is 3. The average molecular weight is 478 g/mol. The summed E-state index contributed by atoms with van der Waals surface area (Å²) in [6.07, 6.45) is 10.3. The molecule has 3 aromatic rings. The number of hydrogen-bond donors (Lipinski definition) is 1. The molecular formula is C27H35N5O3. The molecule has 0 bridgehead atoms. The largest absolute Gasteiger partial charge is 0.353 e. The quantitative estimate of drug-likeness (QED) is 0.471. The fourth-order valence-electron chi connectivity index (χ4n) is 4.90. The zero-order chi connectivity index (χ0) is 24.0. The molecule has 0 amide bonds. The summed E-state index contributed by atoms with van der Waals surface area (Å²) in [7, 11) is 2.09. The number of benzene rings is 1. The Morgan fingerprint density at radius 3 is 2.74 bits per heavy atom. The molecule has 0 aliphatic carbocycles. The summed E-state index contributed by atoms with van der Waals surface area (Å²) in [5.41, 5.74) is 3.07. The maximum atomic E-state index is 12.4. The molecule has 5 rings (SSSR count). The van der Waals surface area contributed by atoms with Crippen LogP contribution in [-0.2, 0) is 23.1 Å². The molecule has 35 heavy (non-hydrogen) atoms. The van der Waals surface area contributed by atoms with Gasteiger partial charge in [0.15, 0.2) is 12.1 Å². The Hall–Kier alpha value is -2.81. The number of ketones is 1. The Labute approximate surface area is 206 Å². The zero-order valence-corrected chi connectivity index (χ0v) is 20.5. The number of anilines is 1. The Morgan fingerprint density at radius 2 is 1.97 bits per heavy atom. The highest BCUT2D eigenvalue weighted by Crippen LogP contribution is 2.21. The summed E-state index contributed by atoms with van der Waals surface area (Å²) < 4.78 is 13.3. The number of ether oxygens (including phenoxy) is 2. The van der Waals surface area contributed by atoms with Gasteiger partial charge in [0.2, 0.25) is 5.95 Å². The molecule has 1 aromatic carbocycles. The summed E-state index contributed by atoms with van der Waals surface area (Å²) >= 11 is 0. The van der Waals surface area contributed by atoms with Gasteiger partial charge in [-0.2, -0.15) is 0 Å². The van der Waals surface area contributed by atoms with Crippen LogP contribution in [0.3, 0.4) is 0 Å². The Kier molecular flexibility index (Phi) is 7.71. The van der Waals surface area contributed by atoms with Gasteiger partial charge in [-0.15, -0.1) is 0 Å². The lowest BCUT2D eigenvalue weighted by molar-refractivity contribution is -0.155. The van der Waals surface area contributed by atoms with Crippen LogP contribution in [0.4, 0.5) is 5.95 Å². The number of piperidine rings is 1. The maximum Gasteiger partial charge on any atom is 0.225 e. The normalized spacial score (nSPS) is 19.3. The third-order valence-electron chi connectivity index (χ3n) is 7.11. The number of carbonyl (C=O) groups excluding carboxylic acids is 1. The van der Waals surface area contributed by atoms with Crippen molar-refractivity contribution in [1.82, 2.24) is 19.9 Å². The van der Waals surface area contributed by atoms with Crippen LogP contribution in [0.5, 0.6) is 0 Å². The minimum absolute atomic E-state index is 0.00478. The van der Waals surface area contributed by atoms with E-state index in [0.717, 1.165) is 58.3 Å². The molecule has 8 heteroatoms. The number of nitrogens with zero attached hydrogens (tertiary/aromatic N) is 4. The lowest BCUT2D eigenvalue weighted by Gasteiger charge is -2.32. The molecule has 0 spiro atoms. The third kappa shape index (κ3) is 6.07. The van der Waals surface area contributed by atoms with Gasteiger partial charge < -0.3 is 24.3 Å². The van der Waals surface area contributed by atoms with Gasteiger partial charge in [0, 0.05) is 57.4 Å². The van der Waals surface area contributed by atoms with Crippen molar-refractivity contribution < 1.29 is 14.3 Å². The van der Waals surface area contributed by atoms with Gasteiger partial charge in [-0.25, -0.2) is 9.97 Å². The van der Waals surface area contributed by atoms with Crippen molar-refractivity contribution in [1.29, 1.82) is 0 Å². The first-order chi connectivity index (χ1) is 17.2. The number of carbonyl (C=O) groups is 1. The van der Waals surface area contributed by atoms with Crippen LogP contribution in [0.25, 0.3) is 10.9 Å². The summed E-state index contributed by atoms with van der Waals surface area (Å²) in [4.78, 5) is 23.5. The van der Waals surface area contributed by atoms with Gasteiger partial charge in [-0.05, 0) is 67.6 Å². The minimum Gasteiger partial charge on any atom is -0.353 e. The standard InChI is InChI=1S/C27H35N5O3/c1-31-10-9-22-6-5-21(14-24(22)31)16-28-15-20-7-11-32(12-8-20)27-29-17-23(18-30-27)25(33)19-35-26-4-2-3-13-34-26/h5-6,9-10,14,17-18,20,26,28H,2-4,7-8,11-13,15-16,19H2,1H3. The van der Waals surface area contributed by atoms with E-state index in [1.165, 1.54) is 16.5 Å². The van der Waals surface area contributed by atoms with E-state index in [9.17, 15) is 4.79 Å². The van der Waals surface area contributed by atoms with Gasteiger partial charge in [-0.1, -0.05) is 12.1 Å². The van der Waals surface area contributed by atoms with Crippen LogP contribution in [0.15, 0.2) is 42.9 Å². The average Bonchev–Trinajstić information content (AvgIpc) is 3.28. The molecule has 2 saturated heterocycles. The van der Waals surface area contributed by atoms with E-state index in [1.807, 2.05) is 0 Å². The van der Waals surface area contributed by atoms with Crippen molar-refractivity contribution in [3.05, 3.63) is 54.0 Å². The molecule has 186 valence electrons. The smallest absolute Gasteiger partial charge is 0.225 e. The first kappa shape index (κ1) is 23.9. The Balaban J connectivity index is 1.04. The molecular weight excluding hydrogens is 442 g/mol. The highest BCUT2D eigenvalue weighted by Gasteiger charge is 2.22. The van der Waals surface area contributed by atoms with E-state index in [4.69, 9.17) is 9.47 Å². The number of aryl methyl sites for hydroxylation is 1. The second-order valence-corrected chi connectivity index (χ2v) is 9.68. The number of hydrogen-bond acceptors (Lipinski definition) is 7. The number of Topliss-reactive ketones (excluding diaryl/α,β-unsaturated/α-hetero) is 1. The van der Waals surface area contributed by atoms with Crippen molar-refractivity contribution in [2.75, 3.05) is 37.7 Å². The zero-order valence-electron chi connectivity index (χ0n) is 20.5. The molecule has 1 N–H and O–H groups in total. The van der Waals surface area contributed by atoms with E-state index < -0.39 is 0 Å². The Bertz CT molecular complexity index is 1120. The van der Waals surface area contributed by atoms with Gasteiger partial charge >= 0.3 is 0 Å². The molecule has 2 aliphatic rings. The van der Waals surface area contributed by atoms with Crippen molar-refractivity contribution in [3.63, 3.8) is 0 Å². The van der Waals surface area contributed by atoms with Gasteiger partial charge in [-0.3, -0.25) is 4.79 Å². The monoisotopic (exact) mass is 477 g/mol. The molecule has 0 saturated carbocycles. The predicted octanol–water partition coefficient (Wildman–Crippen LogP) is 3.70. The van der Waals surface area contributed by atoms with E-state index >= 15 is 0 Å². The summed E-state index contributed by atoms with van der Waals surface area (Å²) in [5, 5.41) is 4.92. The van der Waals surface area contributed by atoms with Crippen molar-refractivity contribution in [2.24, 2.45) is 13.0 Å². The lowest BCUT2D eigenvalue weighted by Crippen LogP contribution is -2.38. The predicted molar refractivity (Wildman–Crippen MR) is 135 cm³/mol. The topological polar surface area (TPSA) is 81.5 Å². The number of fused-ring (bicyclic) bond motifs is 1. The van der Waals surface area contributed by atoms with Crippen LogP contribution in [0.1, 0.15) is 48.0 Å². The highest BCUT2D eigenvalue weighted by atomic mass is 16.7. The third-order valence-corrected chi connectivity index (χ3v) is 7.11. The van der Waals surface area contributed by atoms with Gasteiger partial charge in [0.1, 0.15) is 6.61 Å². The minimum atomic E-state index is -0.268. The second kappa shape index (κ2) is 11.3. The summed E-state index contributed by atoms with van der Waals surface area (Å²) in [6.45, 7) is 4.46. The van der Waals surface area contributed by atoms with Gasteiger partial charge in [0.25, 0.3) is 0 Å². The molecule has 1 atom stereocenters. The SMILES string of the molecule is Cn1ccc2ccc(CNCC3CCN(c4ncc(C(=O)COC5CCCCO5)cn4)CC3)cc21. The van der Waals surface area contributed by atoms with E-state index in [0.29, 0.717) is 24.0 Å². The lowest BCUT2D eigenvalue weighted by atomic mass is 9.97. The molecule has 4 heterocycles. The number of nitrogens with one attached hydrogen (secondary N) is 1. The molecule has 1 unspecified atom stereocenters. The van der Waals surface area contributed by atoms with E-state index in [2.05, 4.69) is 62.3 Å².